The van der Waals surface area contributed by atoms with E-state index in [-0.39, 0.29) is 5.78 Å². The molecule has 0 amide bonds. The maximum absolute atomic E-state index is 12.0. The minimum absolute atomic E-state index is 0.0752. The predicted molar refractivity (Wildman–Crippen MR) is 101 cm³/mol. The second-order valence-electron chi connectivity index (χ2n) is 7.69. The molecule has 0 bridgehead atoms. The van der Waals surface area contributed by atoms with Gasteiger partial charge in [-0.25, -0.2) is 0 Å². The first-order valence-corrected chi connectivity index (χ1v) is 9.62. The average Bonchev–Trinajstić information content (AvgIpc) is 2.63. The number of carbonyl (C=O) groups is 1. The molecule has 2 aliphatic heterocycles. The minimum atomic E-state index is 0.0752. The molecular formula is C21H29N3O. The maximum Gasteiger partial charge on any atom is 0.161 e. The van der Waals surface area contributed by atoms with Crippen molar-refractivity contribution in [2.75, 3.05) is 31.1 Å². The summed E-state index contributed by atoms with van der Waals surface area (Å²) in [6.45, 7) is 8.30. The van der Waals surface area contributed by atoms with Crippen LogP contribution in [0.1, 0.15) is 61.9 Å². The van der Waals surface area contributed by atoms with Crippen LogP contribution in [0.15, 0.2) is 18.2 Å². The molecule has 134 valence electrons. The molecule has 4 nitrogen and oxygen atoms in total. The van der Waals surface area contributed by atoms with Gasteiger partial charge in [-0.15, -0.1) is 0 Å². The van der Waals surface area contributed by atoms with E-state index in [0.717, 1.165) is 37.3 Å². The second-order valence-corrected chi connectivity index (χ2v) is 7.69. The van der Waals surface area contributed by atoms with E-state index in [2.05, 4.69) is 22.8 Å². The molecule has 2 atom stereocenters. The molecule has 0 N–H and O–H groups in total. The first-order valence-electron chi connectivity index (χ1n) is 9.62. The Kier molecular flexibility index (Phi) is 5.75. The van der Waals surface area contributed by atoms with Crippen molar-refractivity contribution in [1.82, 2.24) is 4.90 Å². The van der Waals surface area contributed by atoms with Crippen LogP contribution in [-0.4, -0.2) is 42.9 Å². The van der Waals surface area contributed by atoms with Gasteiger partial charge in [0, 0.05) is 36.9 Å². The monoisotopic (exact) mass is 339 g/mol. The standard InChI is InChI=1S/C21H29N3O/c1-16-6-3-4-10-23(16)14-19-7-5-11-24(15-19)21-12-18(13-22)8-9-20(21)17(2)25/h8-9,12,16,19H,3-7,10-11,14-15H2,1-2H3. The van der Waals surface area contributed by atoms with E-state index in [1.807, 2.05) is 12.1 Å². The number of likely N-dealkylation sites (tertiary alicyclic amines) is 1. The number of nitrogens with zero attached hydrogens (tertiary/aromatic N) is 3. The van der Waals surface area contributed by atoms with Gasteiger partial charge in [-0.2, -0.15) is 5.26 Å². The Balaban J connectivity index is 1.75. The van der Waals surface area contributed by atoms with E-state index in [1.54, 1.807) is 13.0 Å². The quantitative estimate of drug-likeness (QED) is 0.782. The Morgan fingerprint density at radius 2 is 2.08 bits per heavy atom. The molecular weight excluding hydrogens is 310 g/mol. The molecule has 2 saturated heterocycles. The molecule has 0 radical (unpaired) electrons. The van der Waals surface area contributed by atoms with Gasteiger partial charge in [0.25, 0.3) is 0 Å². The van der Waals surface area contributed by atoms with Crippen LogP contribution < -0.4 is 4.90 Å². The number of nitriles is 1. The summed E-state index contributed by atoms with van der Waals surface area (Å²) in [4.78, 5) is 17.0. The lowest BCUT2D eigenvalue weighted by molar-refractivity contribution is 0.101. The number of benzene rings is 1. The summed E-state index contributed by atoms with van der Waals surface area (Å²) in [6, 6.07) is 8.35. The molecule has 1 aromatic carbocycles. The Morgan fingerprint density at radius 3 is 2.80 bits per heavy atom. The van der Waals surface area contributed by atoms with E-state index >= 15 is 0 Å². The summed E-state index contributed by atoms with van der Waals surface area (Å²) in [5.41, 5.74) is 2.32. The summed E-state index contributed by atoms with van der Waals surface area (Å²) in [7, 11) is 0. The second kappa shape index (κ2) is 8.01. The van der Waals surface area contributed by atoms with Gasteiger partial charge in [-0.05, 0) is 70.2 Å². The van der Waals surface area contributed by atoms with Crippen molar-refractivity contribution in [3.05, 3.63) is 29.3 Å². The molecule has 0 spiro atoms. The van der Waals surface area contributed by atoms with Crippen LogP contribution in [0.3, 0.4) is 0 Å². The molecule has 0 saturated carbocycles. The molecule has 2 unspecified atom stereocenters. The van der Waals surface area contributed by atoms with Gasteiger partial charge < -0.3 is 9.80 Å². The van der Waals surface area contributed by atoms with Crippen LogP contribution in [0, 0.1) is 17.2 Å². The highest BCUT2D eigenvalue weighted by molar-refractivity contribution is 6.00. The largest absolute Gasteiger partial charge is 0.371 e. The lowest BCUT2D eigenvalue weighted by Crippen LogP contribution is -2.45. The number of hydrogen-bond acceptors (Lipinski definition) is 4. The number of carbonyl (C=O) groups excluding carboxylic acids is 1. The van der Waals surface area contributed by atoms with E-state index in [4.69, 9.17) is 0 Å². The molecule has 2 fully saturated rings. The lowest BCUT2D eigenvalue weighted by Gasteiger charge is -2.40. The lowest BCUT2D eigenvalue weighted by atomic mass is 9.93. The van der Waals surface area contributed by atoms with E-state index in [9.17, 15) is 10.1 Å². The van der Waals surface area contributed by atoms with Crippen LogP contribution >= 0.6 is 0 Å². The van der Waals surface area contributed by atoms with Crippen LogP contribution in [0.4, 0.5) is 5.69 Å². The highest BCUT2D eigenvalue weighted by atomic mass is 16.1. The van der Waals surface area contributed by atoms with Crippen molar-refractivity contribution in [1.29, 1.82) is 5.26 Å². The Hall–Kier alpha value is -1.86. The molecule has 25 heavy (non-hydrogen) atoms. The zero-order chi connectivity index (χ0) is 17.8. The van der Waals surface area contributed by atoms with Gasteiger partial charge in [-0.3, -0.25) is 4.79 Å². The van der Waals surface area contributed by atoms with Crippen molar-refractivity contribution in [2.24, 2.45) is 5.92 Å². The van der Waals surface area contributed by atoms with Crippen LogP contribution in [-0.2, 0) is 0 Å². The fourth-order valence-corrected chi connectivity index (χ4v) is 4.35. The molecule has 2 aliphatic rings. The summed E-state index contributed by atoms with van der Waals surface area (Å²) >= 11 is 0. The summed E-state index contributed by atoms with van der Waals surface area (Å²) in [6.07, 6.45) is 6.40. The third-order valence-electron chi connectivity index (χ3n) is 5.80. The van der Waals surface area contributed by atoms with Crippen molar-refractivity contribution in [3.63, 3.8) is 0 Å². The Bertz CT molecular complexity index is 664. The highest BCUT2D eigenvalue weighted by Crippen LogP contribution is 2.29. The van der Waals surface area contributed by atoms with Gasteiger partial charge in [0.15, 0.2) is 5.78 Å². The third kappa shape index (κ3) is 4.22. The normalized spacial score (nSPS) is 24.8. The van der Waals surface area contributed by atoms with Crippen molar-refractivity contribution in [2.45, 2.75) is 52.0 Å². The predicted octanol–water partition coefficient (Wildman–Crippen LogP) is 3.85. The number of anilines is 1. The van der Waals surface area contributed by atoms with E-state index in [0.29, 0.717) is 17.5 Å². The smallest absolute Gasteiger partial charge is 0.161 e. The van der Waals surface area contributed by atoms with Crippen LogP contribution in [0.25, 0.3) is 0 Å². The van der Waals surface area contributed by atoms with E-state index in [1.165, 1.54) is 32.2 Å². The van der Waals surface area contributed by atoms with Gasteiger partial charge in [0.2, 0.25) is 0 Å². The summed E-state index contributed by atoms with van der Waals surface area (Å²) in [5.74, 6) is 0.714. The fourth-order valence-electron chi connectivity index (χ4n) is 4.35. The van der Waals surface area contributed by atoms with E-state index < -0.39 is 0 Å². The SMILES string of the molecule is CC(=O)c1ccc(C#N)cc1N1CCCC(CN2CCCCC2C)C1. The molecule has 4 heteroatoms. The van der Waals surface area contributed by atoms with Crippen molar-refractivity contribution in [3.8, 4) is 6.07 Å². The molecule has 3 rings (SSSR count). The first-order chi connectivity index (χ1) is 12.1. The van der Waals surface area contributed by atoms with Gasteiger partial charge in [-0.1, -0.05) is 6.42 Å². The summed E-state index contributed by atoms with van der Waals surface area (Å²) < 4.78 is 0. The van der Waals surface area contributed by atoms with Crippen molar-refractivity contribution >= 4 is 11.5 Å². The van der Waals surface area contributed by atoms with Gasteiger partial charge >= 0.3 is 0 Å². The fraction of sp³-hybridized carbons (Fsp3) is 0.619. The first kappa shape index (κ1) is 17.9. The Morgan fingerprint density at radius 1 is 1.24 bits per heavy atom. The van der Waals surface area contributed by atoms with Crippen molar-refractivity contribution < 1.29 is 4.79 Å². The number of rotatable bonds is 4. The zero-order valence-corrected chi connectivity index (χ0v) is 15.5. The number of piperidine rings is 2. The third-order valence-corrected chi connectivity index (χ3v) is 5.80. The molecule has 0 aromatic heterocycles. The number of Topliss-reactive ketones (excluding diaryl/α,β-unsaturated/α-hetero) is 1. The Labute approximate surface area is 151 Å². The van der Waals surface area contributed by atoms with Crippen LogP contribution in [0.5, 0.6) is 0 Å². The average molecular weight is 339 g/mol. The maximum atomic E-state index is 12.0. The van der Waals surface area contributed by atoms with Gasteiger partial charge in [0.05, 0.1) is 11.6 Å². The zero-order valence-electron chi connectivity index (χ0n) is 15.5. The highest BCUT2D eigenvalue weighted by Gasteiger charge is 2.27. The number of hydrogen-bond donors (Lipinski definition) is 0. The topological polar surface area (TPSA) is 47.3 Å². The number of ketones is 1. The van der Waals surface area contributed by atoms with Crippen LogP contribution in [0.2, 0.25) is 0 Å². The minimum Gasteiger partial charge on any atom is -0.371 e. The molecule has 1 aromatic rings. The molecule has 2 heterocycles. The molecule has 0 aliphatic carbocycles. The summed E-state index contributed by atoms with van der Waals surface area (Å²) in [5, 5.41) is 9.23. The van der Waals surface area contributed by atoms with Gasteiger partial charge in [0.1, 0.15) is 0 Å².